The minimum atomic E-state index is -2.91. The summed E-state index contributed by atoms with van der Waals surface area (Å²) in [6.45, 7) is 2.17. The van der Waals surface area contributed by atoms with Gasteiger partial charge in [-0.25, -0.2) is 12.8 Å². The average molecular weight is 299 g/mol. The largest absolute Gasteiger partial charge is 0.312 e. The summed E-state index contributed by atoms with van der Waals surface area (Å²) in [5.41, 5.74) is 1.14. The van der Waals surface area contributed by atoms with E-state index in [1.807, 2.05) is 12.1 Å². The number of halogens is 1. The molecule has 1 aromatic carbocycles. The molecule has 20 heavy (non-hydrogen) atoms. The van der Waals surface area contributed by atoms with Crippen LogP contribution in [0.15, 0.2) is 24.3 Å². The lowest BCUT2D eigenvalue weighted by Gasteiger charge is -2.21. The summed E-state index contributed by atoms with van der Waals surface area (Å²) >= 11 is 0. The number of nitrogens with one attached hydrogen (secondary N) is 1. The molecular weight excluding hydrogens is 277 g/mol. The van der Waals surface area contributed by atoms with Crippen LogP contribution in [0.4, 0.5) is 4.39 Å². The molecule has 1 aliphatic carbocycles. The van der Waals surface area contributed by atoms with E-state index in [1.54, 1.807) is 6.92 Å². The van der Waals surface area contributed by atoms with Crippen LogP contribution in [0.1, 0.15) is 37.7 Å². The van der Waals surface area contributed by atoms with Crippen molar-refractivity contribution >= 4 is 9.84 Å². The van der Waals surface area contributed by atoms with Crippen molar-refractivity contribution in [2.45, 2.75) is 38.1 Å². The first kappa shape index (κ1) is 15.4. The molecule has 1 saturated carbocycles. The van der Waals surface area contributed by atoms with Crippen LogP contribution in [0.25, 0.3) is 0 Å². The first-order valence-electron chi connectivity index (χ1n) is 7.21. The Kier molecular flexibility index (Phi) is 5.16. The first-order chi connectivity index (χ1) is 9.52. The highest BCUT2D eigenvalue weighted by atomic mass is 32.2. The van der Waals surface area contributed by atoms with Gasteiger partial charge in [0.1, 0.15) is 5.82 Å². The summed E-state index contributed by atoms with van der Waals surface area (Å²) in [4.78, 5) is 0. The standard InChI is InChI=1S/C15H22FNO2S/c1-2-20(18,19)11-10-17-15-5-3-4-14(15)12-6-8-13(16)9-7-12/h6-9,14-15,17H,2-5,10-11H2,1H3/t14-,15-/m1/s1. The molecule has 0 bridgehead atoms. The summed E-state index contributed by atoms with van der Waals surface area (Å²) in [5.74, 6) is 0.530. The molecule has 0 heterocycles. The minimum absolute atomic E-state index is 0.191. The van der Waals surface area contributed by atoms with Gasteiger partial charge in [-0.2, -0.15) is 0 Å². The van der Waals surface area contributed by atoms with Crippen LogP contribution >= 0.6 is 0 Å². The fraction of sp³-hybridized carbons (Fsp3) is 0.600. The molecule has 2 rings (SSSR count). The third-order valence-electron chi connectivity index (χ3n) is 4.07. The molecule has 0 aliphatic heterocycles. The fourth-order valence-electron chi connectivity index (χ4n) is 2.86. The number of hydrogen-bond donors (Lipinski definition) is 1. The predicted molar refractivity (Wildman–Crippen MR) is 79.1 cm³/mol. The molecule has 1 N–H and O–H groups in total. The summed E-state index contributed by atoms with van der Waals surface area (Å²) < 4.78 is 35.9. The van der Waals surface area contributed by atoms with Crippen molar-refractivity contribution in [3.8, 4) is 0 Å². The molecule has 3 nitrogen and oxygen atoms in total. The molecule has 5 heteroatoms. The molecule has 2 atom stereocenters. The van der Waals surface area contributed by atoms with E-state index in [4.69, 9.17) is 0 Å². The molecule has 0 amide bonds. The van der Waals surface area contributed by atoms with Gasteiger partial charge in [0.2, 0.25) is 0 Å². The SMILES string of the molecule is CCS(=O)(=O)CCN[C@@H]1CCC[C@@H]1c1ccc(F)cc1. The Bertz CT molecular complexity index is 527. The monoisotopic (exact) mass is 299 g/mol. The average Bonchev–Trinajstić information content (AvgIpc) is 2.88. The van der Waals surface area contributed by atoms with Gasteiger partial charge in [-0.3, -0.25) is 0 Å². The van der Waals surface area contributed by atoms with Gasteiger partial charge < -0.3 is 5.32 Å². The van der Waals surface area contributed by atoms with E-state index >= 15 is 0 Å². The Balaban J connectivity index is 1.92. The van der Waals surface area contributed by atoms with E-state index in [0.29, 0.717) is 18.5 Å². The Morgan fingerprint density at radius 1 is 1.25 bits per heavy atom. The lowest BCUT2D eigenvalue weighted by Crippen LogP contribution is -2.35. The van der Waals surface area contributed by atoms with Crippen molar-refractivity contribution in [2.24, 2.45) is 0 Å². The Morgan fingerprint density at radius 2 is 1.95 bits per heavy atom. The van der Waals surface area contributed by atoms with Crippen LogP contribution in [0.3, 0.4) is 0 Å². The Morgan fingerprint density at radius 3 is 2.60 bits per heavy atom. The van der Waals surface area contributed by atoms with Crippen LogP contribution in [0.2, 0.25) is 0 Å². The van der Waals surface area contributed by atoms with Crippen molar-refractivity contribution < 1.29 is 12.8 Å². The van der Waals surface area contributed by atoms with Gasteiger partial charge in [-0.15, -0.1) is 0 Å². The molecule has 0 saturated heterocycles. The molecule has 0 aromatic heterocycles. The maximum atomic E-state index is 13.0. The topological polar surface area (TPSA) is 46.2 Å². The molecule has 0 spiro atoms. The van der Waals surface area contributed by atoms with Crippen molar-refractivity contribution in [2.75, 3.05) is 18.1 Å². The van der Waals surface area contributed by atoms with Gasteiger partial charge in [0.15, 0.2) is 9.84 Å². The van der Waals surface area contributed by atoms with E-state index in [0.717, 1.165) is 24.8 Å². The van der Waals surface area contributed by atoms with Crippen LogP contribution in [-0.4, -0.2) is 32.5 Å². The van der Waals surface area contributed by atoms with Gasteiger partial charge in [-0.05, 0) is 36.5 Å². The van der Waals surface area contributed by atoms with Gasteiger partial charge in [0, 0.05) is 18.3 Å². The number of hydrogen-bond acceptors (Lipinski definition) is 3. The number of benzene rings is 1. The van der Waals surface area contributed by atoms with Crippen LogP contribution in [0.5, 0.6) is 0 Å². The summed E-state index contributed by atoms with van der Waals surface area (Å²) in [6.07, 6.45) is 3.25. The highest BCUT2D eigenvalue weighted by Crippen LogP contribution is 2.34. The van der Waals surface area contributed by atoms with Crippen molar-refractivity contribution in [1.29, 1.82) is 0 Å². The maximum Gasteiger partial charge on any atom is 0.151 e. The normalized spacial score (nSPS) is 23.1. The molecule has 1 aliphatic rings. The minimum Gasteiger partial charge on any atom is -0.312 e. The van der Waals surface area contributed by atoms with Crippen LogP contribution in [0, 0.1) is 5.82 Å². The molecular formula is C15H22FNO2S. The summed E-state index contributed by atoms with van der Waals surface area (Å²) in [6, 6.07) is 6.96. The van der Waals surface area contributed by atoms with Gasteiger partial charge in [0.25, 0.3) is 0 Å². The second kappa shape index (κ2) is 6.68. The second-order valence-electron chi connectivity index (χ2n) is 5.39. The van der Waals surface area contributed by atoms with Crippen LogP contribution < -0.4 is 5.32 Å². The van der Waals surface area contributed by atoms with E-state index in [2.05, 4.69) is 5.32 Å². The van der Waals surface area contributed by atoms with E-state index in [9.17, 15) is 12.8 Å². The van der Waals surface area contributed by atoms with Gasteiger partial charge >= 0.3 is 0 Å². The zero-order valence-corrected chi connectivity index (χ0v) is 12.6. The third kappa shape index (κ3) is 4.03. The third-order valence-corrected chi connectivity index (χ3v) is 5.78. The van der Waals surface area contributed by atoms with E-state index < -0.39 is 9.84 Å². The van der Waals surface area contributed by atoms with Crippen molar-refractivity contribution in [3.63, 3.8) is 0 Å². The van der Waals surface area contributed by atoms with Crippen molar-refractivity contribution in [3.05, 3.63) is 35.6 Å². The van der Waals surface area contributed by atoms with Gasteiger partial charge in [0.05, 0.1) is 5.75 Å². The zero-order valence-electron chi connectivity index (χ0n) is 11.8. The smallest absolute Gasteiger partial charge is 0.151 e. The lowest BCUT2D eigenvalue weighted by atomic mass is 9.94. The summed E-state index contributed by atoms with van der Waals surface area (Å²) in [7, 11) is -2.91. The number of sulfone groups is 1. The van der Waals surface area contributed by atoms with Crippen LogP contribution in [-0.2, 0) is 9.84 Å². The highest BCUT2D eigenvalue weighted by Gasteiger charge is 2.28. The maximum absolute atomic E-state index is 13.0. The highest BCUT2D eigenvalue weighted by molar-refractivity contribution is 7.91. The zero-order chi connectivity index (χ0) is 14.6. The summed E-state index contributed by atoms with van der Waals surface area (Å²) in [5, 5.41) is 3.36. The second-order valence-corrected chi connectivity index (χ2v) is 7.86. The van der Waals surface area contributed by atoms with Crippen molar-refractivity contribution in [1.82, 2.24) is 5.32 Å². The molecule has 0 unspecified atom stereocenters. The lowest BCUT2D eigenvalue weighted by molar-refractivity contribution is 0.490. The number of rotatable bonds is 6. The molecule has 0 radical (unpaired) electrons. The predicted octanol–water partition coefficient (Wildman–Crippen LogP) is 2.49. The van der Waals surface area contributed by atoms with Gasteiger partial charge in [-0.1, -0.05) is 25.5 Å². The first-order valence-corrected chi connectivity index (χ1v) is 9.03. The Hall–Kier alpha value is -0.940. The molecule has 1 aromatic rings. The molecule has 1 fully saturated rings. The molecule has 112 valence electrons. The Labute approximate surface area is 120 Å². The fourth-order valence-corrected chi connectivity index (χ4v) is 3.58. The van der Waals surface area contributed by atoms with E-state index in [1.165, 1.54) is 12.1 Å². The quantitative estimate of drug-likeness (QED) is 0.878. The van der Waals surface area contributed by atoms with E-state index in [-0.39, 0.29) is 17.3 Å².